The highest BCUT2D eigenvalue weighted by molar-refractivity contribution is 7.17. The van der Waals surface area contributed by atoms with Crippen LogP contribution in [0.15, 0.2) is 29.4 Å². The summed E-state index contributed by atoms with van der Waals surface area (Å²) in [6, 6.07) is 2.02. The number of nitrogens with zero attached hydrogens (tertiary/aromatic N) is 2. The molecule has 3 rings (SSSR count). The van der Waals surface area contributed by atoms with Crippen molar-refractivity contribution >= 4 is 28.6 Å². The van der Waals surface area contributed by atoms with Crippen LogP contribution in [0, 0.1) is 6.92 Å². The maximum absolute atomic E-state index is 12.2. The van der Waals surface area contributed by atoms with Crippen molar-refractivity contribution in [1.82, 2.24) is 20.3 Å². The Balaban J connectivity index is 1.64. The third-order valence-corrected chi connectivity index (χ3v) is 4.89. The number of nitrogens with one attached hydrogen (secondary N) is 2. The zero-order valence-electron chi connectivity index (χ0n) is 11.4. The molecular weight excluding hydrogens is 304 g/mol. The largest absolute Gasteiger partial charge is 0.351 e. The van der Waals surface area contributed by atoms with Crippen LogP contribution in [0.25, 0.3) is 10.6 Å². The summed E-state index contributed by atoms with van der Waals surface area (Å²) in [5.74, 6) is -0.0639. The molecule has 1 amide bonds. The second-order valence-electron chi connectivity index (χ2n) is 4.53. The standard InChI is InChI=1S/C14H14N4OS2/c1-9-12(21-14(18-9)10-3-5-20-7-10)13(19)16-4-2-11-6-15-8-17-11/h3,5-8H,2,4H2,1H3,(H,15,17)(H,16,19). The van der Waals surface area contributed by atoms with Gasteiger partial charge in [-0.3, -0.25) is 4.79 Å². The first-order chi connectivity index (χ1) is 10.2. The van der Waals surface area contributed by atoms with Gasteiger partial charge in [0.15, 0.2) is 0 Å². The van der Waals surface area contributed by atoms with Crippen molar-refractivity contribution in [2.75, 3.05) is 6.54 Å². The maximum Gasteiger partial charge on any atom is 0.263 e. The van der Waals surface area contributed by atoms with Gasteiger partial charge in [-0.25, -0.2) is 9.97 Å². The Bertz CT molecular complexity index is 716. The van der Waals surface area contributed by atoms with Gasteiger partial charge in [-0.15, -0.1) is 11.3 Å². The zero-order valence-corrected chi connectivity index (χ0v) is 13.1. The first-order valence-electron chi connectivity index (χ1n) is 6.49. The fourth-order valence-electron chi connectivity index (χ4n) is 1.93. The first kappa shape index (κ1) is 14.0. The summed E-state index contributed by atoms with van der Waals surface area (Å²) >= 11 is 3.06. The fraction of sp³-hybridized carbons (Fsp3) is 0.214. The number of aromatic nitrogens is 3. The summed E-state index contributed by atoms with van der Waals surface area (Å²) in [5, 5.41) is 7.87. The van der Waals surface area contributed by atoms with Crippen LogP contribution < -0.4 is 5.32 Å². The SMILES string of the molecule is Cc1nc(-c2ccsc2)sc1C(=O)NCCc1cnc[nH]1. The van der Waals surface area contributed by atoms with E-state index in [9.17, 15) is 4.79 Å². The number of hydrogen-bond donors (Lipinski definition) is 2. The monoisotopic (exact) mass is 318 g/mol. The van der Waals surface area contributed by atoms with Crippen LogP contribution in [-0.4, -0.2) is 27.4 Å². The van der Waals surface area contributed by atoms with Gasteiger partial charge in [-0.2, -0.15) is 11.3 Å². The van der Waals surface area contributed by atoms with Gasteiger partial charge in [0.05, 0.1) is 12.0 Å². The van der Waals surface area contributed by atoms with E-state index in [-0.39, 0.29) is 5.91 Å². The molecule has 0 unspecified atom stereocenters. The predicted octanol–water partition coefficient (Wildman–Crippen LogP) is 2.88. The van der Waals surface area contributed by atoms with Gasteiger partial charge in [0.25, 0.3) is 5.91 Å². The normalized spacial score (nSPS) is 10.7. The molecule has 0 aliphatic heterocycles. The molecule has 0 radical (unpaired) electrons. The molecule has 3 aromatic heterocycles. The van der Waals surface area contributed by atoms with Crippen molar-refractivity contribution in [1.29, 1.82) is 0 Å². The summed E-state index contributed by atoms with van der Waals surface area (Å²) < 4.78 is 0. The predicted molar refractivity (Wildman–Crippen MR) is 84.8 cm³/mol. The molecule has 2 N–H and O–H groups in total. The van der Waals surface area contributed by atoms with Crippen molar-refractivity contribution in [2.45, 2.75) is 13.3 Å². The first-order valence-corrected chi connectivity index (χ1v) is 8.25. The third kappa shape index (κ3) is 3.20. The molecule has 0 saturated carbocycles. The molecule has 0 spiro atoms. The number of aryl methyl sites for hydroxylation is 1. The molecule has 0 aliphatic rings. The van der Waals surface area contributed by atoms with Gasteiger partial charge in [0.2, 0.25) is 0 Å². The average molecular weight is 318 g/mol. The molecule has 21 heavy (non-hydrogen) atoms. The smallest absolute Gasteiger partial charge is 0.263 e. The van der Waals surface area contributed by atoms with Crippen LogP contribution in [0.1, 0.15) is 21.1 Å². The molecule has 5 nitrogen and oxygen atoms in total. The van der Waals surface area contributed by atoms with E-state index in [0.29, 0.717) is 11.4 Å². The number of hydrogen-bond acceptors (Lipinski definition) is 5. The average Bonchev–Trinajstić information content (AvgIpc) is 3.19. The second-order valence-corrected chi connectivity index (χ2v) is 6.31. The molecule has 0 fully saturated rings. The Morgan fingerprint density at radius 1 is 1.48 bits per heavy atom. The molecule has 108 valence electrons. The molecule has 0 atom stereocenters. The van der Waals surface area contributed by atoms with Gasteiger partial charge in [0, 0.05) is 35.8 Å². The second kappa shape index (κ2) is 6.19. The minimum absolute atomic E-state index is 0.0639. The minimum atomic E-state index is -0.0639. The molecule has 3 heterocycles. The highest BCUT2D eigenvalue weighted by Crippen LogP contribution is 2.29. The number of rotatable bonds is 5. The van der Waals surface area contributed by atoms with Gasteiger partial charge in [-0.1, -0.05) is 0 Å². The van der Waals surface area contributed by atoms with Gasteiger partial charge in [-0.05, 0) is 18.4 Å². The topological polar surface area (TPSA) is 70.7 Å². The van der Waals surface area contributed by atoms with E-state index in [0.717, 1.165) is 28.4 Å². The molecule has 7 heteroatoms. The van der Waals surface area contributed by atoms with Crippen molar-refractivity contribution in [3.05, 3.63) is 45.6 Å². The van der Waals surface area contributed by atoms with E-state index in [1.54, 1.807) is 23.9 Å². The van der Waals surface area contributed by atoms with E-state index in [4.69, 9.17) is 0 Å². The Morgan fingerprint density at radius 2 is 2.38 bits per heavy atom. The highest BCUT2D eigenvalue weighted by atomic mass is 32.1. The lowest BCUT2D eigenvalue weighted by Crippen LogP contribution is -2.25. The minimum Gasteiger partial charge on any atom is -0.351 e. The molecule has 0 saturated heterocycles. The number of thiazole rings is 1. The van der Waals surface area contributed by atoms with E-state index < -0.39 is 0 Å². The summed E-state index contributed by atoms with van der Waals surface area (Å²) in [5.41, 5.74) is 2.86. The van der Waals surface area contributed by atoms with E-state index in [1.165, 1.54) is 11.3 Å². The lowest BCUT2D eigenvalue weighted by molar-refractivity contribution is 0.0957. The van der Waals surface area contributed by atoms with Gasteiger partial charge < -0.3 is 10.3 Å². The summed E-state index contributed by atoms with van der Waals surface area (Å²) in [6.07, 6.45) is 4.14. The van der Waals surface area contributed by atoms with Crippen LogP contribution in [0.3, 0.4) is 0 Å². The van der Waals surface area contributed by atoms with Crippen molar-refractivity contribution < 1.29 is 4.79 Å². The highest BCUT2D eigenvalue weighted by Gasteiger charge is 2.16. The van der Waals surface area contributed by atoms with Crippen LogP contribution in [-0.2, 0) is 6.42 Å². The summed E-state index contributed by atoms with van der Waals surface area (Å²) in [4.78, 5) is 24.3. The quantitative estimate of drug-likeness (QED) is 0.760. The molecular formula is C14H14N4OS2. The van der Waals surface area contributed by atoms with E-state index in [1.807, 2.05) is 23.8 Å². The summed E-state index contributed by atoms with van der Waals surface area (Å²) in [7, 11) is 0. The number of carbonyl (C=O) groups excluding carboxylic acids is 1. The number of aromatic amines is 1. The zero-order chi connectivity index (χ0) is 14.7. The van der Waals surface area contributed by atoms with Crippen molar-refractivity contribution in [3.8, 4) is 10.6 Å². The van der Waals surface area contributed by atoms with Gasteiger partial charge in [0.1, 0.15) is 9.88 Å². The third-order valence-electron chi connectivity index (χ3n) is 3.01. The lowest BCUT2D eigenvalue weighted by Gasteiger charge is -2.02. The van der Waals surface area contributed by atoms with Crippen LogP contribution in [0.5, 0.6) is 0 Å². The molecule has 0 aliphatic carbocycles. The van der Waals surface area contributed by atoms with Crippen LogP contribution in [0.4, 0.5) is 0 Å². The van der Waals surface area contributed by atoms with Gasteiger partial charge >= 0.3 is 0 Å². The lowest BCUT2D eigenvalue weighted by atomic mass is 10.3. The molecule has 0 bridgehead atoms. The number of H-pyrrole nitrogens is 1. The Hall–Kier alpha value is -1.99. The maximum atomic E-state index is 12.2. The molecule has 3 aromatic rings. The number of thiophene rings is 1. The van der Waals surface area contributed by atoms with Crippen LogP contribution in [0.2, 0.25) is 0 Å². The summed E-state index contributed by atoms with van der Waals surface area (Å²) in [6.45, 7) is 2.45. The van der Waals surface area contributed by atoms with E-state index in [2.05, 4.69) is 20.3 Å². The van der Waals surface area contributed by atoms with E-state index >= 15 is 0 Å². The Kier molecular flexibility index (Phi) is 4.12. The fourth-order valence-corrected chi connectivity index (χ4v) is 3.62. The van der Waals surface area contributed by atoms with Crippen molar-refractivity contribution in [3.63, 3.8) is 0 Å². The molecule has 0 aromatic carbocycles. The number of imidazole rings is 1. The van der Waals surface area contributed by atoms with Crippen molar-refractivity contribution in [2.24, 2.45) is 0 Å². The number of carbonyl (C=O) groups is 1. The van der Waals surface area contributed by atoms with Crippen LogP contribution >= 0.6 is 22.7 Å². The Labute approximate surface area is 130 Å². The number of amides is 1. The Morgan fingerprint density at radius 3 is 3.10 bits per heavy atom.